The number of nitrogens with zero attached hydrogens (tertiary/aromatic N) is 1. The second-order valence-corrected chi connectivity index (χ2v) is 5.83. The fourth-order valence-corrected chi connectivity index (χ4v) is 2.41. The normalized spacial score (nSPS) is 10.3. The fraction of sp³-hybridized carbons (Fsp3) is 0.333. The Kier molecular flexibility index (Phi) is 6.88. The second-order valence-electron chi connectivity index (χ2n) is 5.39. The number of hydrogen-bond acceptors (Lipinski definition) is 4. The highest BCUT2D eigenvalue weighted by atomic mass is 35.5. The maximum absolute atomic E-state index is 12.4. The van der Waals surface area contributed by atoms with E-state index < -0.39 is 0 Å². The Bertz CT molecular complexity index is 692. The van der Waals surface area contributed by atoms with Crippen LogP contribution in [0, 0.1) is 0 Å². The topological polar surface area (TPSA) is 63.2 Å². The number of amides is 1. The van der Waals surface area contributed by atoms with Crippen LogP contribution in [0.5, 0.6) is 5.75 Å². The van der Waals surface area contributed by atoms with Crippen molar-refractivity contribution in [2.75, 3.05) is 24.3 Å². The fourth-order valence-electron chi connectivity index (χ4n) is 2.24. The van der Waals surface area contributed by atoms with E-state index in [4.69, 9.17) is 16.3 Å². The van der Waals surface area contributed by atoms with Crippen LogP contribution in [0.1, 0.15) is 36.5 Å². The molecule has 1 heterocycles. The molecule has 0 spiro atoms. The number of benzene rings is 1. The van der Waals surface area contributed by atoms with E-state index in [1.54, 1.807) is 37.6 Å². The highest BCUT2D eigenvalue weighted by Gasteiger charge is 2.11. The van der Waals surface area contributed by atoms with Gasteiger partial charge in [0.25, 0.3) is 5.91 Å². The van der Waals surface area contributed by atoms with Crippen LogP contribution in [-0.2, 0) is 0 Å². The average molecular weight is 348 g/mol. The zero-order chi connectivity index (χ0) is 17.4. The molecule has 1 aromatic heterocycles. The lowest BCUT2D eigenvalue weighted by Gasteiger charge is -2.11. The van der Waals surface area contributed by atoms with E-state index in [0.717, 1.165) is 18.7 Å². The Morgan fingerprint density at radius 2 is 2.08 bits per heavy atom. The number of pyridine rings is 1. The van der Waals surface area contributed by atoms with E-state index in [1.807, 2.05) is 0 Å². The third kappa shape index (κ3) is 5.13. The molecule has 24 heavy (non-hydrogen) atoms. The lowest BCUT2D eigenvalue weighted by atomic mass is 10.2. The van der Waals surface area contributed by atoms with Crippen LogP contribution in [-0.4, -0.2) is 24.5 Å². The first-order chi connectivity index (χ1) is 11.6. The number of rotatable bonds is 8. The number of carbonyl (C=O) groups excluding carboxylic acids is 1. The number of ether oxygens (including phenoxy) is 1. The molecule has 128 valence electrons. The Hall–Kier alpha value is -2.27. The zero-order valence-corrected chi connectivity index (χ0v) is 14.7. The van der Waals surface area contributed by atoms with Crippen molar-refractivity contribution < 1.29 is 9.53 Å². The lowest BCUT2D eigenvalue weighted by molar-refractivity contribution is 0.102. The molecule has 0 fully saturated rings. The van der Waals surface area contributed by atoms with Gasteiger partial charge in [0.1, 0.15) is 5.75 Å². The Morgan fingerprint density at radius 3 is 2.83 bits per heavy atom. The van der Waals surface area contributed by atoms with Crippen LogP contribution in [0.2, 0.25) is 5.02 Å². The van der Waals surface area contributed by atoms with Gasteiger partial charge in [-0.15, -0.1) is 0 Å². The molecule has 0 saturated carbocycles. The molecule has 2 rings (SSSR count). The van der Waals surface area contributed by atoms with E-state index in [2.05, 4.69) is 22.5 Å². The highest BCUT2D eigenvalue weighted by molar-refractivity contribution is 6.31. The number of carbonyl (C=O) groups is 1. The van der Waals surface area contributed by atoms with Gasteiger partial charge in [-0.2, -0.15) is 0 Å². The number of nitrogens with one attached hydrogen (secondary N) is 2. The first-order valence-corrected chi connectivity index (χ1v) is 8.35. The first-order valence-electron chi connectivity index (χ1n) is 7.98. The summed E-state index contributed by atoms with van der Waals surface area (Å²) in [6.07, 6.45) is 6.68. The van der Waals surface area contributed by atoms with E-state index in [9.17, 15) is 4.79 Å². The second kappa shape index (κ2) is 9.13. The molecule has 0 atom stereocenters. The minimum atomic E-state index is -0.264. The third-order valence-corrected chi connectivity index (χ3v) is 3.75. The van der Waals surface area contributed by atoms with E-state index >= 15 is 0 Å². The number of halogens is 1. The molecular weight excluding hydrogens is 326 g/mol. The van der Waals surface area contributed by atoms with Gasteiger partial charge in [-0.1, -0.05) is 31.4 Å². The third-order valence-electron chi connectivity index (χ3n) is 3.52. The molecule has 0 saturated heterocycles. The van der Waals surface area contributed by atoms with Crippen molar-refractivity contribution in [1.29, 1.82) is 0 Å². The summed E-state index contributed by atoms with van der Waals surface area (Å²) in [5, 5.41) is 6.61. The smallest absolute Gasteiger partial charge is 0.257 e. The molecule has 0 radical (unpaired) electrons. The van der Waals surface area contributed by atoms with Crippen LogP contribution in [0.15, 0.2) is 36.7 Å². The molecule has 0 aliphatic heterocycles. The van der Waals surface area contributed by atoms with Crippen molar-refractivity contribution in [2.24, 2.45) is 0 Å². The van der Waals surface area contributed by atoms with Crippen LogP contribution in [0.25, 0.3) is 0 Å². The number of methoxy groups -OCH3 is 1. The van der Waals surface area contributed by atoms with Crippen LogP contribution < -0.4 is 15.4 Å². The van der Waals surface area contributed by atoms with Gasteiger partial charge in [-0.05, 0) is 30.7 Å². The van der Waals surface area contributed by atoms with Gasteiger partial charge in [0, 0.05) is 24.0 Å². The summed E-state index contributed by atoms with van der Waals surface area (Å²) in [6.45, 7) is 3.03. The van der Waals surface area contributed by atoms with Crippen molar-refractivity contribution >= 4 is 28.9 Å². The SMILES string of the molecule is CCCCCNc1cncc(C(=O)Nc2cc(Cl)ccc2OC)c1. The molecular formula is C18H22ClN3O2. The molecule has 2 N–H and O–H groups in total. The molecule has 0 aliphatic carbocycles. The summed E-state index contributed by atoms with van der Waals surface area (Å²) in [4.78, 5) is 16.6. The maximum Gasteiger partial charge on any atom is 0.257 e. The molecule has 1 aromatic carbocycles. The molecule has 0 unspecified atom stereocenters. The Labute approximate surface area is 147 Å². The van der Waals surface area contributed by atoms with E-state index in [-0.39, 0.29) is 5.91 Å². The number of hydrogen-bond donors (Lipinski definition) is 2. The van der Waals surface area contributed by atoms with E-state index in [0.29, 0.717) is 22.0 Å². The molecule has 6 heteroatoms. The molecule has 5 nitrogen and oxygen atoms in total. The summed E-state index contributed by atoms with van der Waals surface area (Å²) < 4.78 is 5.24. The molecule has 2 aromatic rings. The van der Waals surface area contributed by atoms with Crippen molar-refractivity contribution in [3.8, 4) is 5.75 Å². The number of unbranched alkanes of at least 4 members (excludes halogenated alkanes) is 2. The zero-order valence-electron chi connectivity index (χ0n) is 13.9. The predicted molar refractivity (Wildman–Crippen MR) is 98.2 cm³/mol. The summed E-state index contributed by atoms with van der Waals surface area (Å²) in [7, 11) is 1.54. The van der Waals surface area contributed by atoms with Gasteiger partial charge < -0.3 is 15.4 Å². The van der Waals surface area contributed by atoms with Crippen LogP contribution in [0.4, 0.5) is 11.4 Å². The van der Waals surface area contributed by atoms with Crippen molar-refractivity contribution in [1.82, 2.24) is 4.98 Å². The predicted octanol–water partition coefficient (Wildman–Crippen LogP) is 4.60. The monoisotopic (exact) mass is 347 g/mol. The van der Waals surface area contributed by atoms with Gasteiger partial charge in [-0.3, -0.25) is 9.78 Å². The minimum absolute atomic E-state index is 0.264. The van der Waals surface area contributed by atoms with Gasteiger partial charge >= 0.3 is 0 Å². The van der Waals surface area contributed by atoms with Crippen molar-refractivity contribution in [3.05, 3.63) is 47.2 Å². The van der Waals surface area contributed by atoms with Crippen molar-refractivity contribution in [2.45, 2.75) is 26.2 Å². The van der Waals surface area contributed by atoms with E-state index in [1.165, 1.54) is 19.0 Å². The van der Waals surface area contributed by atoms with Gasteiger partial charge in [0.2, 0.25) is 0 Å². The molecule has 0 bridgehead atoms. The molecule has 0 aliphatic rings. The number of anilines is 2. The minimum Gasteiger partial charge on any atom is -0.495 e. The maximum atomic E-state index is 12.4. The summed E-state index contributed by atoms with van der Waals surface area (Å²) in [5.41, 5.74) is 1.82. The largest absolute Gasteiger partial charge is 0.495 e. The van der Waals surface area contributed by atoms with Gasteiger partial charge in [0.05, 0.1) is 24.0 Å². The number of aromatic nitrogens is 1. The highest BCUT2D eigenvalue weighted by Crippen LogP contribution is 2.28. The first kappa shape index (κ1) is 18.1. The average Bonchev–Trinajstić information content (AvgIpc) is 2.59. The van der Waals surface area contributed by atoms with Crippen LogP contribution in [0.3, 0.4) is 0 Å². The molecule has 1 amide bonds. The Balaban J connectivity index is 2.06. The van der Waals surface area contributed by atoms with Gasteiger partial charge in [0.15, 0.2) is 0 Å². The Morgan fingerprint density at radius 1 is 1.25 bits per heavy atom. The van der Waals surface area contributed by atoms with Crippen molar-refractivity contribution in [3.63, 3.8) is 0 Å². The quantitative estimate of drug-likeness (QED) is 0.685. The summed E-state index contributed by atoms with van der Waals surface area (Å²) in [5.74, 6) is 0.287. The lowest BCUT2D eigenvalue weighted by Crippen LogP contribution is -2.13. The summed E-state index contributed by atoms with van der Waals surface area (Å²) >= 11 is 5.98. The van der Waals surface area contributed by atoms with Crippen LogP contribution >= 0.6 is 11.6 Å². The standard InChI is InChI=1S/C18H22ClN3O2/c1-3-4-5-8-21-15-9-13(11-20-12-15)18(23)22-16-10-14(19)6-7-17(16)24-2/h6-7,9-12,21H,3-5,8H2,1-2H3,(H,22,23). The summed E-state index contributed by atoms with van der Waals surface area (Å²) in [6, 6.07) is 6.85. The van der Waals surface area contributed by atoms with Gasteiger partial charge in [-0.25, -0.2) is 0 Å².